The van der Waals surface area contributed by atoms with Crippen molar-refractivity contribution in [1.82, 2.24) is 0 Å². The van der Waals surface area contributed by atoms with E-state index < -0.39 is 8.80 Å². The predicted molar refractivity (Wildman–Crippen MR) is 69.5 cm³/mol. The molecule has 0 N–H and O–H groups in total. The van der Waals surface area contributed by atoms with Crippen molar-refractivity contribution >= 4 is 21.3 Å². The number of carbonyl (C=O) groups excluding carboxylic acids is 1. The number of carbonyl (C=O) groups is 1. The zero-order valence-corrected chi connectivity index (χ0v) is 12.0. The highest BCUT2D eigenvalue weighted by Crippen LogP contribution is 2.18. The molecule has 17 heavy (non-hydrogen) atoms. The molecule has 5 nitrogen and oxygen atoms in total. The van der Waals surface area contributed by atoms with Crippen molar-refractivity contribution < 1.29 is 18.1 Å². The molecule has 0 amide bonds. The minimum Gasteiger partial charge on any atom is -0.374 e. The van der Waals surface area contributed by atoms with E-state index in [2.05, 4.69) is 4.99 Å². The number of rotatable bonds is 11. The molecule has 0 heterocycles. The van der Waals surface area contributed by atoms with Crippen LogP contribution >= 0.6 is 0 Å². The molecule has 0 aromatic carbocycles. The van der Waals surface area contributed by atoms with E-state index in [1.54, 1.807) is 0 Å². The third-order valence-corrected chi connectivity index (χ3v) is 5.18. The van der Waals surface area contributed by atoms with Crippen LogP contribution in [0.15, 0.2) is 4.99 Å². The fraction of sp³-hybridized carbons (Fsp3) is 0.818. The maximum Gasteiger partial charge on any atom is 0.500 e. The van der Waals surface area contributed by atoms with E-state index in [9.17, 15) is 4.79 Å². The van der Waals surface area contributed by atoms with Crippen molar-refractivity contribution in [2.24, 2.45) is 4.99 Å². The Bertz CT molecular complexity index is 206. The second-order valence-corrected chi connectivity index (χ2v) is 6.01. The molecule has 0 spiro atoms. The SMILES string of the molecule is CCO[Si](CCCN=CC=O)(OCC)OCC. The van der Waals surface area contributed by atoms with Crippen LogP contribution in [0.25, 0.3) is 0 Å². The third-order valence-electron chi connectivity index (χ3n) is 2.03. The second-order valence-electron chi connectivity index (χ2n) is 3.28. The van der Waals surface area contributed by atoms with E-state index in [4.69, 9.17) is 13.3 Å². The van der Waals surface area contributed by atoms with E-state index in [1.165, 1.54) is 6.21 Å². The summed E-state index contributed by atoms with van der Waals surface area (Å²) in [6, 6.07) is 0.735. The predicted octanol–water partition coefficient (Wildman–Crippen LogP) is 1.69. The first-order valence-electron chi connectivity index (χ1n) is 6.10. The van der Waals surface area contributed by atoms with Gasteiger partial charge in [-0.2, -0.15) is 0 Å². The minimum absolute atomic E-state index is 0.587. The van der Waals surface area contributed by atoms with Gasteiger partial charge in [-0.3, -0.25) is 9.79 Å². The molecule has 100 valence electrons. The smallest absolute Gasteiger partial charge is 0.374 e. The van der Waals surface area contributed by atoms with Crippen molar-refractivity contribution in [3.05, 3.63) is 0 Å². The van der Waals surface area contributed by atoms with Gasteiger partial charge >= 0.3 is 8.80 Å². The average molecular weight is 261 g/mol. The lowest BCUT2D eigenvalue weighted by molar-refractivity contribution is -0.102. The summed E-state index contributed by atoms with van der Waals surface area (Å²) in [5, 5.41) is 0. The largest absolute Gasteiger partial charge is 0.500 e. The van der Waals surface area contributed by atoms with Crippen molar-refractivity contribution in [2.45, 2.75) is 33.2 Å². The van der Waals surface area contributed by atoms with Crippen LogP contribution in [0, 0.1) is 0 Å². The van der Waals surface area contributed by atoms with Crippen molar-refractivity contribution in [1.29, 1.82) is 0 Å². The quantitative estimate of drug-likeness (QED) is 0.246. The Morgan fingerprint density at radius 2 is 1.59 bits per heavy atom. The van der Waals surface area contributed by atoms with Crippen molar-refractivity contribution in [2.75, 3.05) is 26.4 Å². The van der Waals surface area contributed by atoms with Gasteiger partial charge in [0.05, 0.1) is 6.21 Å². The van der Waals surface area contributed by atoms with Gasteiger partial charge in [0.2, 0.25) is 0 Å². The molecule has 0 unspecified atom stereocenters. The monoisotopic (exact) mass is 261 g/mol. The van der Waals surface area contributed by atoms with Crippen LogP contribution < -0.4 is 0 Å². The first-order chi connectivity index (χ1) is 8.24. The van der Waals surface area contributed by atoms with E-state index in [-0.39, 0.29) is 0 Å². The average Bonchev–Trinajstić information content (AvgIpc) is 2.30. The molecule has 0 rings (SSSR count). The highest BCUT2D eigenvalue weighted by Gasteiger charge is 2.39. The zero-order chi connectivity index (χ0) is 13.0. The third kappa shape index (κ3) is 7.38. The highest BCUT2D eigenvalue weighted by molar-refractivity contribution is 6.60. The Morgan fingerprint density at radius 3 is 2.00 bits per heavy atom. The van der Waals surface area contributed by atoms with Gasteiger partial charge in [-0.15, -0.1) is 0 Å². The van der Waals surface area contributed by atoms with Gasteiger partial charge in [0.25, 0.3) is 0 Å². The van der Waals surface area contributed by atoms with Gasteiger partial charge in [0.15, 0.2) is 6.29 Å². The maximum atomic E-state index is 10.1. The maximum absolute atomic E-state index is 10.1. The summed E-state index contributed by atoms with van der Waals surface area (Å²) in [5.41, 5.74) is 0. The molecule has 0 aromatic rings. The summed E-state index contributed by atoms with van der Waals surface area (Å²) in [5.74, 6) is 0. The molecule has 0 saturated heterocycles. The number of hydrogen-bond acceptors (Lipinski definition) is 5. The van der Waals surface area contributed by atoms with Crippen LogP contribution in [-0.2, 0) is 18.1 Å². The molecule has 0 aliphatic rings. The lowest BCUT2D eigenvalue weighted by atomic mass is 10.5. The van der Waals surface area contributed by atoms with E-state index in [0.717, 1.165) is 12.5 Å². The Kier molecular flexibility index (Phi) is 10.2. The number of aldehydes is 1. The van der Waals surface area contributed by atoms with E-state index in [1.807, 2.05) is 20.8 Å². The highest BCUT2D eigenvalue weighted by atomic mass is 28.4. The Labute approximate surface area is 105 Å². The van der Waals surface area contributed by atoms with Crippen LogP contribution in [0.4, 0.5) is 0 Å². The molecular weight excluding hydrogens is 238 g/mol. The summed E-state index contributed by atoms with van der Waals surface area (Å²) in [7, 11) is -2.52. The first kappa shape index (κ1) is 16.4. The van der Waals surface area contributed by atoms with Gasteiger partial charge in [-0.1, -0.05) is 0 Å². The van der Waals surface area contributed by atoms with Gasteiger partial charge in [-0.05, 0) is 27.2 Å². The first-order valence-corrected chi connectivity index (χ1v) is 8.03. The van der Waals surface area contributed by atoms with Gasteiger partial charge < -0.3 is 13.3 Å². The Morgan fingerprint density at radius 1 is 1.06 bits per heavy atom. The van der Waals surface area contributed by atoms with Crippen LogP contribution in [0.1, 0.15) is 27.2 Å². The topological polar surface area (TPSA) is 57.1 Å². The summed E-state index contributed by atoms with van der Waals surface area (Å²) < 4.78 is 17.1. The second kappa shape index (κ2) is 10.6. The molecule has 0 radical (unpaired) electrons. The fourth-order valence-corrected chi connectivity index (χ4v) is 4.10. The van der Waals surface area contributed by atoms with E-state index in [0.29, 0.717) is 32.7 Å². The summed E-state index contributed by atoms with van der Waals surface area (Å²) in [6.45, 7) is 8.16. The summed E-state index contributed by atoms with van der Waals surface area (Å²) >= 11 is 0. The number of aliphatic imine (C=N–C) groups is 1. The van der Waals surface area contributed by atoms with Crippen molar-refractivity contribution in [3.63, 3.8) is 0 Å². The Balaban J connectivity index is 4.22. The Hall–Kier alpha value is -0.563. The van der Waals surface area contributed by atoms with Crippen molar-refractivity contribution in [3.8, 4) is 0 Å². The molecule has 0 fully saturated rings. The lowest BCUT2D eigenvalue weighted by Gasteiger charge is -2.28. The fourth-order valence-electron chi connectivity index (χ4n) is 1.51. The molecule has 0 aromatic heterocycles. The van der Waals surface area contributed by atoms with Crippen LogP contribution in [0.2, 0.25) is 6.04 Å². The lowest BCUT2D eigenvalue weighted by Crippen LogP contribution is -2.46. The molecular formula is C11H23NO4Si. The van der Waals surface area contributed by atoms with E-state index >= 15 is 0 Å². The normalized spacial score (nSPS) is 12.2. The summed E-state index contributed by atoms with van der Waals surface area (Å²) in [6.07, 6.45) is 2.75. The van der Waals surface area contributed by atoms with Gasteiger partial charge in [0.1, 0.15) is 0 Å². The molecule has 0 aliphatic carbocycles. The van der Waals surface area contributed by atoms with Gasteiger partial charge in [0, 0.05) is 32.4 Å². The number of hydrogen-bond donors (Lipinski definition) is 0. The van der Waals surface area contributed by atoms with Gasteiger partial charge in [-0.25, -0.2) is 0 Å². The zero-order valence-electron chi connectivity index (χ0n) is 11.0. The van der Waals surface area contributed by atoms with Crippen LogP contribution in [-0.4, -0.2) is 47.7 Å². The molecule has 0 saturated carbocycles. The minimum atomic E-state index is -2.52. The molecule has 0 atom stereocenters. The van der Waals surface area contributed by atoms with Crippen LogP contribution in [0.3, 0.4) is 0 Å². The standard InChI is InChI=1S/C11H23NO4Si/c1-4-14-17(15-5-2,16-6-3)11-7-8-12-9-10-13/h9-10H,4-8,11H2,1-3H3. The molecule has 0 aliphatic heterocycles. The number of nitrogens with zero attached hydrogens (tertiary/aromatic N) is 1. The van der Waals surface area contributed by atoms with Crippen LogP contribution in [0.5, 0.6) is 0 Å². The molecule has 0 bridgehead atoms. The molecule has 6 heteroatoms. The summed E-state index contributed by atoms with van der Waals surface area (Å²) in [4.78, 5) is 14.0.